The Balaban J connectivity index is 1.78. The summed E-state index contributed by atoms with van der Waals surface area (Å²) in [5.41, 5.74) is 2.79. The molecule has 0 amide bonds. The zero-order valence-electron chi connectivity index (χ0n) is 20.9. The Morgan fingerprint density at radius 3 is 1.53 bits per heavy atom. The van der Waals surface area contributed by atoms with Gasteiger partial charge in [-0.2, -0.15) is 0 Å². The molecule has 0 fully saturated rings. The van der Waals surface area contributed by atoms with E-state index in [4.69, 9.17) is 4.74 Å². The summed E-state index contributed by atoms with van der Waals surface area (Å²) in [5.74, 6) is 0.718. The molecule has 38 heavy (non-hydrogen) atoms. The lowest BCUT2D eigenvalue weighted by Crippen LogP contribution is -2.25. The standard InChI is InChI=1S/C34H27N2OP/c37-26-32-31-23-13-14-24-33(31)36(25-27-15-5-1-6-16-27)34(32)35-38(28-17-7-2-8-18-28,29-19-9-3-10-20-29)30-21-11-4-12-22-30/h1-24,26H,25H2. The minimum absolute atomic E-state index is 0.617. The fraction of sp³-hybridized carbons (Fsp3) is 0.0294. The first kappa shape index (κ1) is 23.9. The molecule has 0 unspecified atom stereocenters. The van der Waals surface area contributed by atoms with Crippen LogP contribution in [0.1, 0.15) is 15.9 Å². The minimum Gasteiger partial charge on any atom is -0.321 e. The van der Waals surface area contributed by atoms with Crippen LogP contribution in [0.3, 0.4) is 0 Å². The zero-order valence-corrected chi connectivity index (χ0v) is 21.8. The Kier molecular flexibility index (Phi) is 6.60. The number of fused-ring (bicyclic) bond motifs is 1. The van der Waals surface area contributed by atoms with Crippen molar-refractivity contribution in [1.29, 1.82) is 0 Å². The number of carbonyl (C=O) groups is 1. The lowest BCUT2D eigenvalue weighted by atomic mass is 10.2. The molecule has 184 valence electrons. The zero-order chi connectivity index (χ0) is 25.8. The third-order valence-corrected chi connectivity index (χ3v) is 10.5. The monoisotopic (exact) mass is 510 g/mol. The molecule has 3 nitrogen and oxygen atoms in total. The van der Waals surface area contributed by atoms with Crippen molar-refractivity contribution in [3.05, 3.63) is 157 Å². The van der Waals surface area contributed by atoms with E-state index in [1.807, 2.05) is 54.6 Å². The summed E-state index contributed by atoms with van der Waals surface area (Å²) in [4.78, 5) is 12.7. The summed E-state index contributed by atoms with van der Waals surface area (Å²) in [6.07, 6.45) is 0.971. The quantitative estimate of drug-likeness (QED) is 0.164. The molecule has 0 bridgehead atoms. The molecule has 0 saturated heterocycles. The smallest absolute Gasteiger partial charge is 0.154 e. The number of para-hydroxylation sites is 1. The van der Waals surface area contributed by atoms with Crippen LogP contribution < -0.4 is 15.9 Å². The summed E-state index contributed by atoms with van der Waals surface area (Å²) in [6, 6.07) is 50.1. The van der Waals surface area contributed by atoms with E-state index in [9.17, 15) is 4.79 Å². The van der Waals surface area contributed by atoms with E-state index in [0.29, 0.717) is 12.1 Å². The average Bonchev–Trinajstić information content (AvgIpc) is 3.29. The Labute approximate surface area is 223 Å². The van der Waals surface area contributed by atoms with E-state index in [1.54, 1.807) is 0 Å². The molecule has 0 radical (unpaired) electrons. The lowest BCUT2D eigenvalue weighted by Gasteiger charge is -2.27. The van der Waals surface area contributed by atoms with Crippen molar-refractivity contribution in [3.63, 3.8) is 0 Å². The van der Waals surface area contributed by atoms with Crippen LogP contribution in [-0.4, -0.2) is 10.9 Å². The van der Waals surface area contributed by atoms with Crippen LogP contribution in [0.5, 0.6) is 0 Å². The molecule has 0 aliphatic rings. The first-order chi connectivity index (χ1) is 18.8. The van der Waals surface area contributed by atoms with Crippen molar-refractivity contribution in [1.82, 2.24) is 4.57 Å². The van der Waals surface area contributed by atoms with Gasteiger partial charge < -0.3 is 4.57 Å². The number of rotatable bonds is 7. The largest absolute Gasteiger partial charge is 0.321 e. The maximum atomic E-state index is 12.7. The fourth-order valence-electron chi connectivity index (χ4n) is 5.16. The van der Waals surface area contributed by atoms with Gasteiger partial charge in [0.25, 0.3) is 0 Å². The van der Waals surface area contributed by atoms with Crippen LogP contribution in [0.25, 0.3) is 10.9 Å². The van der Waals surface area contributed by atoms with Crippen LogP contribution in [0.15, 0.2) is 150 Å². The molecule has 6 aromatic rings. The Hall–Kier alpha value is -4.46. The van der Waals surface area contributed by atoms with E-state index < -0.39 is 7.05 Å². The second kappa shape index (κ2) is 10.5. The number of benzene rings is 5. The fourth-order valence-corrected chi connectivity index (χ4v) is 8.71. The van der Waals surface area contributed by atoms with Gasteiger partial charge in [-0.25, -0.2) is 4.74 Å². The topological polar surface area (TPSA) is 34.4 Å². The summed E-state index contributed by atoms with van der Waals surface area (Å²) in [7, 11) is -2.56. The first-order valence-corrected chi connectivity index (χ1v) is 14.4. The molecule has 5 aromatic carbocycles. The maximum Gasteiger partial charge on any atom is 0.154 e. The Bertz CT molecular complexity index is 1640. The van der Waals surface area contributed by atoms with Gasteiger partial charge in [0.15, 0.2) is 6.29 Å². The van der Waals surface area contributed by atoms with Crippen molar-refractivity contribution >= 4 is 46.0 Å². The molecule has 0 N–H and O–H groups in total. The molecule has 0 aliphatic heterocycles. The molecule has 0 spiro atoms. The molecule has 0 atom stereocenters. The van der Waals surface area contributed by atoms with E-state index in [1.165, 1.54) is 0 Å². The summed E-state index contributed by atoms with van der Waals surface area (Å²) < 4.78 is 7.95. The highest BCUT2D eigenvalue weighted by atomic mass is 31.2. The van der Waals surface area contributed by atoms with Crippen molar-refractivity contribution in [2.75, 3.05) is 0 Å². The Morgan fingerprint density at radius 1 is 0.579 bits per heavy atom. The molecular formula is C34H27N2OP. The molecule has 4 heteroatoms. The van der Waals surface area contributed by atoms with Crippen LogP contribution in [0, 0.1) is 0 Å². The van der Waals surface area contributed by atoms with Crippen LogP contribution in [-0.2, 0) is 6.54 Å². The number of hydrogen-bond acceptors (Lipinski definition) is 2. The van der Waals surface area contributed by atoms with Gasteiger partial charge in [0.1, 0.15) is 5.82 Å². The maximum absolute atomic E-state index is 12.7. The average molecular weight is 511 g/mol. The Morgan fingerprint density at radius 2 is 1.03 bits per heavy atom. The number of carbonyl (C=O) groups excluding carboxylic acids is 1. The summed E-state index contributed by atoms with van der Waals surface area (Å²) in [6.45, 7) is 0.617. The number of nitrogens with zero attached hydrogens (tertiary/aromatic N) is 2. The minimum atomic E-state index is -2.56. The molecule has 1 heterocycles. The van der Waals surface area contributed by atoms with Gasteiger partial charge in [0.2, 0.25) is 0 Å². The summed E-state index contributed by atoms with van der Waals surface area (Å²) >= 11 is 0. The van der Waals surface area contributed by atoms with Gasteiger partial charge >= 0.3 is 0 Å². The number of aldehydes is 1. The van der Waals surface area contributed by atoms with E-state index in [-0.39, 0.29) is 0 Å². The first-order valence-electron chi connectivity index (χ1n) is 12.7. The SMILES string of the molecule is O=Cc1c(N=P(c2ccccc2)(c2ccccc2)c2ccccc2)n(Cc2ccccc2)c2ccccc12. The van der Waals surface area contributed by atoms with Crippen molar-refractivity contribution in [2.45, 2.75) is 6.54 Å². The van der Waals surface area contributed by atoms with E-state index >= 15 is 0 Å². The predicted molar refractivity (Wildman–Crippen MR) is 160 cm³/mol. The van der Waals surface area contributed by atoms with Gasteiger partial charge in [0, 0.05) is 27.8 Å². The second-order valence-corrected chi connectivity index (χ2v) is 12.2. The van der Waals surface area contributed by atoms with Crippen molar-refractivity contribution in [2.24, 2.45) is 4.74 Å². The van der Waals surface area contributed by atoms with Gasteiger partial charge in [-0.15, -0.1) is 0 Å². The summed E-state index contributed by atoms with van der Waals surface area (Å²) in [5, 5.41) is 4.35. The predicted octanol–water partition coefficient (Wildman–Crippen LogP) is 7.31. The van der Waals surface area contributed by atoms with Gasteiger partial charge in [-0.3, -0.25) is 4.79 Å². The molecule has 1 aromatic heterocycles. The van der Waals surface area contributed by atoms with Gasteiger partial charge in [0.05, 0.1) is 18.1 Å². The highest BCUT2D eigenvalue weighted by molar-refractivity contribution is 7.87. The normalized spacial score (nSPS) is 11.4. The van der Waals surface area contributed by atoms with Crippen molar-refractivity contribution < 1.29 is 4.79 Å². The third kappa shape index (κ3) is 4.22. The molecular weight excluding hydrogens is 483 g/mol. The third-order valence-electron chi connectivity index (χ3n) is 6.92. The van der Waals surface area contributed by atoms with Crippen LogP contribution in [0.4, 0.5) is 5.82 Å². The van der Waals surface area contributed by atoms with Crippen LogP contribution >= 0.6 is 7.05 Å². The second-order valence-electron chi connectivity index (χ2n) is 9.19. The molecule has 0 aliphatic carbocycles. The lowest BCUT2D eigenvalue weighted by molar-refractivity contribution is 0.112. The molecule has 6 rings (SSSR count). The van der Waals surface area contributed by atoms with Gasteiger partial charge in [-0.1, -0.05) is 140 Å². The number of aromatic nitrogens is 1. The van der Waals surface area contributed by atoms with Gasteiger partial charge in [-0.05, 0) is 11.6 Å². The van der Waals surface area contributed by atoms with Crippen LogP contribution in [0.2, 0.25) is 0 Å². The van der Waals surface area contributed by atoms with E-state index in [0.717, 1.165) is 44.5 Å². The highest BCUT2D eigenvalue weighted by Gasteiger charge is 2.29. The van der Waals surface area contributed by atoms with E-state index in [2.05, 4.69) is 95.6 Å². The molecule has 0 saturated carbocycles. The highest BCUT2D eigenvalue weighted by Crippen LogP contribution is 2.50. The van der Waals surface area contributed by atoms with Crippen molar-refractivity contribution in [3.8, 4) is 0 Å². The number of hydrogen-bond donors (Lipinski definition) is 0.